The molecule has 5 atom stereocenters. The number of hydrogen-bond acceptors (Lipinski definition) is 10. The topological polar surface area (TPSA) is 160 Å². The van der Waals surface area contributed by atoms with Crippen LogP contribution in [0.4, 0.5) is 0 Å². The van der Waals surface area contributed by atoms with Gasteiger partial charge >= 0.3 is 6.08 Å². The second-order valence-corrected chi connectivity index (χ2v) is 18.4. The van der Waals surface area contributed by atoms with Crippen molar-refractivity contribution in [1.29, 1.82) is 0 Å². The average molecular weight is 750 g/mol. The second-order valence-electron chi connectivity index (χ2n) is 15.5. The van der Waals surface area contributed by atoms with E-state index < -0.39 is 50.8 Å². The van der Waals surface area contributed by atoms with Gasteiger partial charge < -0.3 is 24.7 Å². The highest BCUT2D eigenvalue weighted by Gasteiger charge is 2.62. The average Bonchev–Trinajstić information content (AvgIpc) is 3.99. The third-order valence-corrected chi connectivity index (χ3v) is 13.2. The maximum atomic E-state index is 14.6. The predicted octanol–water partition coefficient (Wildman–Crippen LogP) is 5.20. The van der Waals surface area contributed by atoms with Crippen LogP contribution < -0.4 is 20.1 Å². The van der Waals surface area contributed by atoms with Crippen LogP contribution in [0.3, 0.4) is 0 Å². The number of rotatable bonds is 7. The fourth-order valence-electron chi connectivity index (χ4n) is 7.07. The Kier molecular flexibility index (Phi) is 10.1. The van der Waals surface area contributed by atoms with E-state index in [9.17, 15) is 22.8 Å². The minimum absolute atomic E-state index is 0.00917. The summed E-state index contributed by atoms with van der Waals surface area (Å²) in [5, 5.41) is 8.65. The van der Waals surface area contributed by atoms with Crippen molar-refractivity contribution in [3.63, 3.8) is 0 Å². The number of nitrogens with one attached hydrogen (secondary N) is 3. The molecule has 12 nitrogen and oxygen atoms in total. The van der Waals surface area contributed by atoms with Crippen molar-refractivity contribution in [3.05, 3.63) is 64.2 Å². The first-order valence-electron chi connectivity index (χ1n) is 18.3. The number of nitrogens with zero attached hydrogens (tertiary/aromatic N) is 2. The van der Waals surface area contributed by atoms with Gasteiger partial charge in [-0.25, -0.2) is 8.42 Å². The van der Waals surface area contributed by atoms with Gasteiger partial charge in [0, 0.05) is 12.3 Å². The van der Waals surface area contributed by atoms with E-state index in [2.05, 4.69) is 52.3 Å². The number of amides is 3. The summed E-state index contributed by atoms with van der Waals surface area (Å²) in [4.78, 5) is 48.6. The van der Waals surface area contributed by atoms with Crippen molar-refractivity contribution >= 4 is 50.6 Å². The number of thioether (sulfide) groups is 1. The van der Waals surface area contributed by atoms with Crippen LogP contribution in [0.15, 0.2) is 68.7 Å². The number of carbonyl (C=O) groups is 3. The van der Waals surface area contributed by atoms with Gasteiger partial charge in [-0.1, -0.05) is 81.0 Å². The molecular formula is C38H47N5O7S2. The number of carbonyl (C=O) groups excluding carboxylic acids is 3. The summed E-state index contributed by atoms with van der Waals surface area (Å²) < 4.78 is 39.9. The first-order valence-corrected chi connectivity index (χ1v) is 20.7. The van der Waals surface area contributed by atoms with Gasteiger partial charge in [-0.15, -0.1) is 0 Å². The molecule has 2 aliphatic carbocycles. The van der Waals surface area contributed by atoms with Crippen molar-refractivity contribution in [2.75, 3.05) is 6.54 Å². The minimum Gasteiger partial charge on any atom is -0.445 e. The fraction of sp³-hybridized carbons (Fsp3) is 0.553. The second kappa shape index (κ2) is 14.4. The number of oxazole rings is 1. The summed E-state index contributed by atoms with van der Waals surface area (Å²) in [6.45, 7) is 6.60. The van der Waals surface area contributed by atoms with Gasteiger partial charge in [0.2, 0.25) is 21.8 Å². The molecule has 1 saturated heterocycles. The van der Waals surface area contributed by atoms with Crippen LogP contribution in [0.2, 0.25) is 0 Å². The summed E-state index contributed by atoms with van der Waals surface area (Å²) in [5.41, 5.74) is 4.33. The van der Waals surface area contributed by atoms with Crippen LogP contribution in [-0.4, -0.2) is 71.5 Å². The van der Waals surface area contributed by atoms with Crippen LogP contribution in [0.5, 0.6) is 6.08 Å². The lowest BCUT2D eigenvalue weighted by Crippen LogP contribution is -2.58. The number of hydrogen-bond donors (Lipinski definition) is 3. The van der Waals surface area contributed by atoms with E-state index in [-0.39, 0.29) is 42.7 Å². The summed E-state index contributed by atoms with van der Waals surface area (Å²) in [5.74, 6) is -1.92. The highest BCUT2D eigenvalue weighted by molar-refractivity contribution is 8.05. The fourth-order valence-corrected chi connectivity index (χ4v) is 9.51. The Morgan fingerprint density at radius 1 is 1.15 bits per heavy atom. The molecule has 1 aromatic carbocycles. The van der Waals surface area contributed by atoms with E-state index >= 15 is 0 Å². The van der Waals surface area contributed by atoms with Crippen LogP contribution in [-0.2, 0) is 24.4 Å². The number of benzene rings is 1. The molecule has 3 fully saturated rings. The third kappa shape index (κ3) is 7.99. The highest BCUT2D eigenvalue weighted by Crippen LogP contribution is 2.46. The Balaban J connectivity index is 1.17. The Bertz CT molecular complexity index is 1940. The highest BCUT2D eigenvalue weighted by atomic mass is 32.2. The van der Waals surface area contributed by atoms with Gasteiger partial charge in [0.25, 0.3) is 5.91 Å². The van der Waals surface area contributed by atoms with Crippen LogP contribution >= 0.6 is 11.8 Å². The Morgan fingerprint density at radius 2 is 1.96 bits per heavy atom. The van der Waals surface area contributed by atoms with E-state index in [4.69, 9.17) is 9.15 Å². The minimum atomic E-state index is -3.85. The molecule has 4 heterocycles. The van der Waals surface area contributed by atoms with E-state index in [1.54, 1.807) is 12.1 Å². The van der Waals surface area contributed by atoms with Gasteiger partial charge in [-0.2, -0.15) is 4.98 Å². The molecule has 2 saturated carbocycles. The molecular weight excluding hydrogens is 703 g/mol. The number of allylic oxidation sites excluding steroid dienone is 3. The zero-order chi connectivity index (χ0) is 36.7. The monoisotopic (exact) mass is 749 g/mol. The van der Waals surface area contributed by atoms with Crippen LogP contribution in [0, 0.1) is 11.3 Å². The van der Waals surface area contributed by atoms with Crippen LogP contribution in [0.1, 0.15) is 85.0 Å². The number of aromatic nitrogens is 1. The molecule has 278 valence electrons. The summed E-state index contributed by atoms with van der Waals surface area (Å²) >= 11 is 1.50. The molecule has 0 bridgehead atoms. The van der Waals surface area contributed by atoms with Gasteiger partial charge in [0.15, 0.2) is 5.58 Å². The van der Waals surface area contributed by atoms with Crippen molar-refractivity contribution < 1.29 is 32.0 Å². The zero-order valence-electron chi connectivity index (χ0n) is 29.9. The van der Waals surface area contributed by atoms with Crippen LogP contribution in [0.25, 0.3) is 11.1 Å². The molecule has 52 heavy (non-hydrogen) atoms. The van der Waals surface area contributed by atoms with Gasteiger partial charge in [0.1, 0.15) is 34.3 Å². The Labute approximate surface area is 309 Å². The van der Waals surface area contributed by atoms with E-state index in [1.807, 2.05) is 30.4 Å². The molecule has 0 spiro atoms. The number of fused-ring (bicyclic) bond motifs is 3. The molecule has 7 rings (SSSR count). The standard InChI is InChI=1S/C38H47N5O7S2/c1-37(2,3)25-13-11-17-32(51-23-25)39-29-15-8-6-4-5-7-12-24-21-38(24,35(46)42-52(47,48)27-18-19-27)41-33(44)30-20-26(22-43(30)34(29)45)49-36-40-28-14-9-10-16-31(28)50-36/h7,9-12,14,16,23-24,26-27,29-30,39H,4-6,8,13,15,18-22H2,1-3H3,(H,41,44)(H,42,46)/b12-7-/t24-,26-,29+,30+,38-/m1/s1. The molecule has 0 unspecified atom stereocenters. The number of ether oxygens (including phenoxy) is 1. The first kappa shape index (κ1) is 36.4. The number of sulfonamides is 1. The normalized spacial score (nSPS) is 29.3. The molecule has 0 radical (unpaired) electrons. The van der Waals surface area contributed by atoms with Gasteiger partial charge in [0.05, 0.1) is 11.8 Å². The van der Waals surface area contributed by atoms with Gasteiger partial charge in [-0.3, -0.25) is 19.1 Å². The quantitative estimate of drug-likeness (QED) is 0.254. The van der Waals surface area contributed by atoms with E-state index in [0.29, 0.717) is 30.4 Å². The molecule has 3 N–H and O–H groups in total. The molecule has 1 aromatic heterocycles. The van der Waals surface area contributed by atoms with Gasteiger partial charge in [-0.05, 0) is 74.0 Å². The van der Waals surface area contributed by atoms with E-state index in [1.165, 1.54) is 22.2 Å². The molecule has 3 aliphatic heterocycles. The molecule has 14 heteroatoms. The van der Waals surface area contributed by atoms with Crippen molar-refractivity contribution in [2.24, 2.45) is 11.3 Å². The summed E-state index contributed by atoms with van der Waals surface area (Å²) in [6.07, 6.45) is 11.3. The Morgan fingerprint density at radius 3 is 2.73 bits per heavy atom. The molecule has 2 aromatic rings. The maximum Gasteiger partial charge on any atom is 0.394 e. The van der Waals surface area contributed by atoms with Crippen molar-refractivity contribution in [3.8, 4) is 6.08 Å². The lowest BCUT2D eigenvalue weighted by atomic mass is 9.86. The zero-order valence-corrected chi connectivity index (χ0v) is 31.5. The van der Waals surface area contributed by atoms with Crippen molar-refractivity contribution in [2.45, 2.75) is 114 Å². The summed E-state index contributed by atoms with van der Waals surface area (Å²) in [6, 6.07) is 5.62. The smallest absolute Gasteiger partial charge is 0.394 e. The predicted molar refractivity (Wildman–Crippen MR) is 198 cm³/mol. The molecule has 3 amide bonds. The number of para-hydroxylation sites is 2. The third-order valence-electron chi connectivity index (χ3n) is 10.5. The first-order chi connectivity index (χ1) is 24.8. The van der Waals surface area contributed by atoms with Crippen molar-refractivity contribution in [1.82, 2.24) is 25.2 Å². The lowest BCUT2D eigenvalue weighted by Gasteiger charge is -2.30. The SMILES string of the molecule is CC(C)(C)C1=CSC(N[C@H]2CCCCC/C=C\[C@@H]3C[C@@]3(C(=O)NS(=O)(=O)C3CC3)NC(=O)[C@@H]3C[C@@H](Oc4nc5ccccc5o4)CN3C2=O)=C=CC1. The molecule has 5 aliphatic rings. The summed E-state index contributed by atoms with van der Waals surface area (Å²) in [7, 11) is -3.85. The largest absolute Gasteiger partial charge is 0.445 e. The lowest BCUT2D eigenvalue weighted by molar-refractivity contribution is -0.141. The maximum absolute atomic E-state index is 14.6. The Hall–Kier alpha value is -4.00. The van der Waals surface area contributed by atoms with E-state index in [0.717, 1.165) is 37.1 Å².